The molecule has 0 aliphatic rings. The van der Waals surface area contributed by atoms with Crippen LogP contribution in [-0.2, 0) is 4.74 Å². The number of aromatic nitrogens is 2. The third-order valence-corrected chi connectivity index (χ3v) is 4.73. The summed E-state index contributed by atoms with van der Waals surface area (Å²) in [5.74, 6) is 0.334. The van der Waals surface area contributed by atoms with Gasteiger partial charge in [-0.2, -0.15) is 0 Å². The third-order valence-electron chi connectivity index (χ3n) is 3.66. The summed E-state index contributed by atoms with van der Waals surface area (Å²) in [6.07, 6.45) is -0.00372. The topological polar surface area (TPSA) is 105 Å². The Balaban J connectivity index is 1.81. The lowest BCUT2D eigenvalue weighted by Crippen LogP contribution is -2.27. The van der Waals surface area contributed by atoms with Crippen LogP contribution in [0.3, 0.4) is 0 Å². The summed E-state index contributed by atoms with van der Waals surface area (Å²) in [6, 6.07) is 8.83. The zero-order chi connectivity index (χ0) is 20.5. The van der Waals surface area contributed by atoms with E-state index in [1.54, 1.807) is 45.2 Å². The fraction of sp³-hybridized carbons (Fsp3) is 0.263. The van der Waals surface area contributed by atoms with Crippen molar-refractivity contribution in [2.75, 3.05) is 17.3 Å². The summed E-state index contributed by atoms with van der Waals surface area (Å²) in [4.78, 5) is 32.7. The molecule has 1 aromatic carbocycles. The second-order valence-corrected chi connectivity index (χ2v) is 8.11. The van der Waals surface area contributed by atoms with Crippen molar-refractivity contribution in [1.82, 2.24) is 9.97 Å². The van der Waals surface area contributed by atoms with Crippen LogP contribution in [0.1, 0.15) is 20.8 Å². The first kappa shape index (κ1) is 19.6. The lowest BCUT2D eigenvalue weighted by Gasteiger charge is -2.19. The monoisotopic (exact) mass is 400 g/mol. The predicted molar refractivity (Wildman–Crippen MR) is 109 cm³/mol. The van der Waals surface area contributed by atoms with Gasteiger partial charge in [-0.15, -0.1) is 11.3 Å². The van der Waals surface area contributed by atoms with E-state index in [4.69, 9.17) is 9.84 Å². The van der Waals surface area contributed by atoms with Crippen molar-refractivity contribution in [3.63, 3.8) is 0 Å². The summed E-state index contributed by atoms with van der Waals surface area (Å²) in [6.45, 7) is 5.41. The lowest BCUT2D eigenvalue weighted by atomic mass is 10.2. The minimum Gasteiger partial charge on any atom is -0.465 e. The lowest BCUT2D eigenvalue weighted by molar-refractivity contribution is 0.0636. The highest BCUT2D eigenvalue weighted by molar-refractivity contribution is 7.21. The molecule has 0 aliphatic heterocycles. The molecule has 146 valence electrons. The number of benzene rings is 1. The van der Waals surface area contributed by atoms with Gasteiger partial charge in [0.05, 0.1) is 10.2 Å². The van der Waals surface area contributed by atoms with Crippen molar-refractivity contribution in [3.8, 4) is 10.6 Å². The minimum absolute atomic E-state index is 0.334. The van der Waals surface area contributed by atoms with Crippen molar-refractivity contribution >= 4 is 45.2 Å². The van der Waals surface area contributed by atoms with Gasteiger partial charge in [0.2, 0.25) is 0 Å². The maximum atomic E-state index is 11.9. The summed E-state index contributed by atoms with van der Waals surface area (Å²) in [5.41, 5.74) is 1.63. The van der Waals surface area contributed by atoms with Crippen LogP contribution >= 0.6 is 11.3 Å². The zero-order valence-electron chi connectivity index (χ0n) is 15.9. The molecule has 0 atom stereocenters. The molecule has 0 unspecified atom stereocenters. The van der Waals surface area contributed by atoms with Crippen molar-refractivity contribution in [2.24, 2.45) is 0 Å². The van der Waals surface area contributed by atoms with Gasteiger partial charge in [0.1, 0.15) is 16.4 Å². The molecule has 8 nitrogen and oxygen atoms in total. The van der Waals surface area contributed by atoms with E-state index in [2.05, 4.69) is 15.3 Å². The number of hydrogen-bond acceptors (Lipinski definition) is 6. The van der Waals surface area contributed by atoms with Gasteiger partial charge >= 0.3 is 12.2 Å². The molecule has 3 aromatic rings. The normalized spacial score (nSPS) is 11.3. The Morgan fingerprint density at radius 3 is 2.57 bits per heavy atom. The highest BCUT2D eigenvalue weighted by Crippen LogP contribution is 2.32. The zero-order valence-corrected chi connectivity index (χ0v) is 16.7. The van der Waals surface area contributed by atoms with E-state index in [0.29, 0.717) is 11.5 Å². The van der Waals surface area contributed by atoms with Crippen LogP contribution in [-0.4, -0.2) is 39.9 Å². The molecule has 0 saturated heterocycles. The van der Waals surface area contributed by atoms with Gasteiger partial charge in [-0.05, 0) is 51.1 Å². The number of ether oxygens (including phenoxy) is 1. The Morgan fingerprint density at radius 1 is 1.21 bits per heavy atom. The van der Waals surface area contributed by atoms with Crippen LogP contribution in [0.25, 0.3) is 20.8 Å². The molecule has 0 saturated carbocycles. The van der Waals surface area contributed by atoms with Crippen LogP contribution < -0.4 is 10.2 Å². The Kier molecular flexibility index (Phi) is 5.19. The number of hydrogen-bond donors (Lipinski definition) is 2. The number of amides is 2. The van der Waals surface area contributed by atoms with Crippen molar-refractivity contribution < 1.29 is 19.4 Å². The number of pyridine rings is 1. The van der Waals surface area contributed by atoms with Gasteiger partial charge in [0.25, 0.3) is 0 Å². The first-order valence-electron chi connectivity index (χ1n) is 8.46. The quantitative estimate of drug-likeness (QED) is 0.653. The second-order valence-electron chi connectivity index (χ2n) is 7.08. The second kappa shape index (κ2) is 7.43. The number of fused-ring (bicyclic) bond motifs is 1. The summed E-state index contributed by atoms with van der Waals surface area (Å²) < 4.78 is 6.16. The molecule has 2 aromatic heterocycles. The Hall–Kier alpha value is -3.20. The fourth-order valence-electron chi connectivity index (χ4n) is 2.36. The number of nitrogens with one attached hydrogen (secondary N) is 1. The smallest absolute Gasteiger partial charge is 0.412 e. The van der Waals surface area contributed by atoms with E-state index < -0.39 is 17.8 Å². The summed E-state index contributed by atoms with van der Waals surface area (Å²) in [5, 5.41) is 12.5. The molecule has 3 rings (SSSR count). The molecular weight excluding hydrogens is 380 g/mol. The number of carboxylic acid groups (broad SMARTS) is 1. The molecule has 28 heavy (non-hydrogen) atoms. The van der Waals surface area contributed by atoms with Crippen LogP contribution in [0.4, 0.5) is 21.1 Å². The number of nitrogens with zero attached hydrogens (tertiary/aromatic N) is 3. The van der Waals surface area contributed by atoms with Crippen LogP contribution in [0, 0.1) is 0 Å². The highest BCUT2D eigenvalue weighted by atomic mass is 32.1. The molecular formula is C19H20N4O4S. The highest BCUT2D eigenvalue weighted by Gasteiger charge is 2.17. The van der Waals surface area contributed by atoms with E-state index in [9.17, 15) is 9.59 Å². The molecule has 0 fully saturated rings. The fourth-order valence-corrected chi connectivity index (χ4v) is 3.35. The maximum Gasteiger partial charge on any atom is 0.412 e. The standard InChI is InChI=1S/C19H20N4O4S/c1-19(2,3)27-17(24)21-12-6-7-13-14(9-12)28-16(22-13)11-5-8-15(20-10-11)23(4)18(25)26/h5-10H,1-4H3,(H,21,24)(H,25,26). The van der Waals surface area contributed by atoms with Gasteiger partial charge in [-0.3, -0.25) is 10.2 Å². The first-order chi connectivity index (χ1) is 13.1. The Morgan fingerprint density at radius 2 is 1.96 bits per heavy atom. The van der Waals surface area contributed by atoms with Gasteiger partial charge < -0.3 is 9.84 Å². The minimum atomic E-state index is -1.08. The number of anilines is 2. The van der Waals surface area contributed by atoms with Crippen LogP contribution in [0.2, 0.25) is 0 Å². The number of carbonyl (C=O) groups is 2. The Bertz CT molecular complexity index is 1020. The van der Waals surface area contributed by atoms with Gasteiger partial charge in [-0.25, -0.2) is 19.6 Å². The van der Waals surface area contributed by atoms with E-state index in [1.807, 2.05) is 12.1 Å². The average molecular weight is 400 g/mol. The molecule has 9 heteroatoms. The first-order valence-corrected chi connectivity index (χ1v) is 9.28. The summed E-state index contributed by atoms with van der Waals surface area (Å²) in [7, 11) is 1.43. The molecule has 0 bridgehead atoms. The molecule has 0 radical (unpaired) electrons. The number of rotatable bonds is 3. The third kappa shape index (κ3) is 4.55. The van der Waals surface area contributed by atoms with Crippen molar-refractivity contribution in [3.05, 3.63) is 36.5 Å². The van der Waals surface area contributed by atoms with E-state index in [0.717, 1.165) is 25.7 Å². The van der Waals surface area contributed by atoms with E-state index in [-0.39, 0.29) is 0 Å². The van der Waals surface area contributed by atoms with Crippen LogP contribution in [0.15, 0.2) is 36.5 Å². The average Bonchev–Trinajstić information content (AvgIpc) is 3.02. The molecule has 0 aliphatic carbocycles. The predicted octanol–water partition coefficient (Wildman–Crippen LogP) is 4.82. The largest absolute Gasteiger partial charge is 0.465 e. The number of carbonyl (C=O) groups excluding carboxylic acids is 1. The number of thiazole rings is 1. The molecule has 0 spiro atoms. The van der Waals surface area contributed by atoms with Gasteiger partial charge in [0.15, 0.2) is 0 Å². The van der Waals surface area contributed by atoms with Gasteiger partial charge in [-0.1, -0.05) is 0 Å². The summed E-state index contributed by atoms with van der Waals surface area (Å²) >= 11 is 1.45. The van der Waals surface area contributed by atoms with Gasteiger partial charge in [0, 0.05) is 24.5 Å². The SMILES string of the molecule is CN(C(=O)O)c1ccc(-c2nc3ccc(NC(=O)OC(C)(C)C)cc3s2)cn1. The van der Waals surface area contributed by atoms with Crippen molar-refractivity contribution in [2.45, 2.75) is 26.4 Å². The molecule has 2 amide bonds. The van der Waals surface area contributed by atoms with E-state index >= 15 is 0 Å². The Labute approximate surface area is 165 Å². The maximum absolute atomic E-state index is 11.9. The van der Waals surface area contributed by atoms with Crippen molar-refractivity contribution in [1.29, 1.82) is 0 Å². The molecule has 2 N–H and O–H groups in total. The molecule has 2 heterocycles. The van der Waals surface area contributed by atoms with E-state index in [1.165, 1.54) is 18.4 Å². The van der Waals surface area contributed by atoms with Crippen LogP contribution in [0.5, 0.6) is 0 Å².